The summed E-state index contributed by atoms with van der Waals surface area (Å²) in [7, 11) is 0. The van der Waals surface area contributed by atoms with Crippen molar-refractivity contribution in [1.29, 1.82) is 0 Å². The van der Waals surface area contributed by atoms with E-state index >= 15 is 0 Å². The summed E-state index contributed by atoms with van der Waals surface area (Å²) >= 11 is 0. The van der Waals surface area contributed by atoms with E-state index in [1.165, 1.54) is 6.26 Å². The van der Waals surface area contributed by atoms with Crippen LogP contribution in [0.2, 0.25) is 0 Å². The first kappa shape index (κ1) is 21.1. The number of aromatic amines is 2. The van der Waals surface area contributed by atoms with Crippen LogP contribution >= 0.6 is 0 Å². The SMILES string of the molecule is CCc1c(C=C2C=COC(N=[N])=C2c2cnccn2)[nH]c(C)c1CCC(=O)c1ncc[nH]1. The minimum atomic E-state index is -0.0213. The molecule has 0 saturated heterocycles. The van der Waals surface area contributed by atoms with Crippen molar-refractivity contribution in [2.75, 3.05) is 0 Å². The van der Waals surface area contributed by atoms with Crippen LogP contribution in [0.25, 0.3) is 11.6 Å². The third-order valence-corrected chi connectivity index (χ3v) is 5.32. The summed E-state index contributed by atoms with van der Waals surface area (Å²) in [4.78, 5) is 31.2. The Bertz CT molecular complexity index is 1220. The van der Waals surface area contributed by atoms with Crippen LogP contribution in [0, 0.1) is 6.92 Å². The molecule has 3 aromatic rings. The van der Waals surface area contributed by atoms with E-state index in [0.717, 1.165) is 34.5 Å². The molecule has 0 fully saturated rings. The van der Waals surface area contributed by atoms with Gasteiger partial charge >= 0.3 is 0 Å². The number of ketones is 1. The molecule has 0 aromatic carbocycles. The monoisotopic (exact) mass is 428 g/mol. The molecule has 0 atom stereocenters. The summed E-state index contributed by atoms with van der Waals surface area (Å²) in [5, 5.41) is 3.28. The highest BCUT2D eigenvalue weighted by Gasteiger charge is 2.21. The molecule has 0 bridgehead atoms. The van der Waals surface area contributed by atoms with Gasteiger partial charge in [-0.1, -0.05) is 12.0 Å². The normalized spacial score (nSPS) is 14.6. The predicted octanol–water partition coefficient (Wildman–Crippen LogP) is 3.76. The molecule has 4 heterocycles. The minimum Gasteiger partial charge on any atom is -0.445 e. The average Bonchev–Trinajstić information content (AvgIpc) is 3.46. The van der Waals surface area contributed by atoms with Crippen LogP contribution < -0.4 is 5.53 Å². The van der Waals surface area contributed by atoms with E-state index in [2.05, 4.69) is 37.0 Å². The zero-order chi connectivity index (χ0) is 22.5. The maximum atomic E-state index is 12.4. The lowest BCUT2D eigenvalue weighted by Crippen LogP contribution is -2.04. The number of nitrogens with zero attached hydrogens (tertiary/aromatic N) is 5. The number of rotatable bonds is 8. The highest BCUT2D eigenvalue weighted by Crippen LogP contribution is 2.33. The number of allylic oxidation sites excluding steroid dienone is 3. The second kappa shape index (κ2) is 9.34. The lowest BCUT2D eigenvalue weighted by atomic mass is 9.97. The van der Waals surface area contributed by atoms with Crippen molar-refractivity contribution in [2.24, 2.45) is 5.11 Å². The highest BCUT2D eigenvalue weighted by atomic mass is 16.5. The summed E-state index contributed by atoms with van der Waals surface area (Å²) in [6.45, 7) is 4.08. The smallest absolute Gasteiger partial charge is 0.250 e. The Morgan fingerprint density at radius 3 is 2.81 bits per heavy atom. The number of hydrogen-bond acceptors (Lipinski definition) is 6. The van der Waals surface area contributed by atoms with Crippen LogP contribution in [0.3, 0.4) is 0 Å². The lowest BCUT2D eigenvalue weighted by Gasteiger charge is -2.15. The molecule has 0 unspecified atom stereocenters. The Labute approximate surface area is 184 Å². The third kappa shape index (κ3) is 4.18. The number of carbonyl (C=O) groups excluding carboxylic acids is 1. The molecule has 161 valence electrons. The van der Waals surface area contributed by atoms with Gasteiger partial charge in [-0.3, -0.25) is 14.8 Å². The molecule has 2 N–H and O–H groups in total. The molecule has 0 amide bonds. The van der Waals surface area contributed by atoms with Gasteiger partial charge in [0.25, 0.3) is 0 Å². The van der Waals surface area contributed by atoms with Crippen molar-refractivity contribution in [3.05, 3.63) is 88.8 Å². The molecule has 1 radical (unpaired) electrons. The van der Waals surface area contributed by atoms with Gasteiger partial charge in [-0.15, -0.1) is 0 Å². The van der Waals surface area contributed by atoms with Gasteiger partial charge in [-0.05, 0) is 54.1 Å². The molecule has 0 aliphatic carbocycles. The Hall–Kier alpha value is -4.14. The number of aryl methyl sites for hydroxylation is 1. The van der Waals surface area contributed by atoms with Crippen LogP contribution in [0.5, 0.6) is 0 Å². The van der Waals surface area contributed by atoms with Gasteiger partial charge in [-0.25, -0.2) is 4.98 Å². The number of aromatic nitrogens is 5. The van der Waals surface area contributed by atoms with E-state index in [-0.39, 0.29) is 11.7 Å². The Balaban J connectivity index is 1.68. The first-order chi connectivity index (χ1) is 15.6. The van der Waals surface area contributed by atoms with E-state index in [1.807, 2.05) is 13.0 Å². The molecule has 9 heteroatoms. The minimum absolute atomic E-state index is 0.0213. The van der Waals surface area contributed by atoms with Gasteiger partial charge in [0.05, 0.1) is 23.7 Å². The topological polar surface area (TPSA) is 131 Å². The van der Waals surface area contributed by atoms with Crippen LogP contribution in [-0.2, 0) is 17.6 Å². The molecular weight excluding hydrogens is 406 g/mol. The van der Waals surface area contributed by atoms with Gasteiger partial charge in [0.1, 0.15) is 0 Å². The molecule has 32 heavy (non-hydrogen) atoms. The first-order valence-corrected chi connectivity index (χ1v) is 10.3. The van der Waals surface area contributed by atoms with Crippen molar-refractivity contribution >= 4 is 17.4 Å². The predicted molar refractivity (Wildman–Crippen MR) is 118 cm³/mol. The van der Waals surface area contributed by atoms with Gasteiger partial charge < -0.3 is 14.7 Å². The standard InChI is InChI=1S/C23H22N7O2/c1-3-16-17(4-5-20(31)22-27-9-10-28-22)14(2)29-18(16)12-15-6-11-32-23(30-24)21(15)19-13-25-7-8-26-19/h6-13,29H,3-5H2,1-2H3,(H,27,28). The number of carbonyl (C=O) groups is 1. The molecule has 1 aliphatic heterocycles. The van der Waals surface area contributed by atoms with Gasteiger partial charge in [0.2, 0.25) is 5.88 Å². The maximum absolute atomic E-state index is 12.4. The summed E-state index contributed by atoms with van der Waals surface area (Å²) in [6, 6.07) is 0. The first-order valence-electron chi connectivity index (χ1n) is 10.3. The highest BCUT2D eigenvalue weighted by molar-refractivity contribution is 5.92. The van der Waals surface area contributed by atoms with Gasteiger partial charge in [0, 0.05) is 42.6 Å². The van der Waals surface area contributed by atoms with Crippen molar-refractivity contribution in [3.63, 3.8) is 0 Å². The van der Waals surface area contributed by atoms with Crippen molar-refractivity contribution < 1.29 is 9.53 Å². The Kier molecular flexibility index (Phi) is 6.16. The van der Waals surface area contributed by atoms with E-state index in [1.54, 1.807) is 37.1 Å². The molecule has 4 rings (SSSR count). The Morgan fingerprint density at radius 1 is 1.25 bits per heavy atom. The summed E-state index contributed by atoms with van der Waals surface area (Å²) in [5.41, 5.74) is 15.4. The molecule has 3 aromatic heterocycles. The van der Waals surface area contributed by atoms with Gasteiger partial charge in [-0.2, -0.15) is 0 Å². The second-order valence-corrected chi connectivity index (χ2v) is 7.23. The average molecular weight is 428 g/mol. The van der Waals surface area contributed by atoms with E-state index in [9.17, 15) is 10.3 Å². The fourth-order valence-electron chi connectivity index (χ4n) is 3.85. The molecule has 1 aliphatic rings. The molecular formula is C23H22N7O2. The number of Topliss-reactive ketones (excluding diaryl/α,β-unsaturated/α-hetero) is 1. The zero-order valence-electron chi connectivity index (χ0n) is 17.8. The molecule has 9 nitrogen and oxygen atoms in total. The summed E-state index contributed by atoms with van der Waals surface area (Å²) in [5.74, 6) is 0.404. The van der Waals surface area contributed by atoms with E-state index < -0.39 is 0 Å². The number of H-pyrrole nitrogens is 2. The van der Waals surface area contributed by atoms with Crippen LogP contribution in [0.4, 0.5) is 0 Å². The van der Waals surface area contributed by atoms with Crippen LogP contribution in [0.15, 0.2) is 59.9 Å². The number of imidazole rings is 1. The maximum Gasteiger partial charge on any atom is 0.250 e. The second-order valence-electron chi connectivity index (χ2n) is 7.23. The quantitative estimate of drug-likeness (QED) is 0.416. The number of hydrogen-bond donors (Lipinski definition) is 2. The van der Waals surface area contributed by atoms with Crippen molar-refractivity contribution in [2.45, 2.75) is 33.1 Å². The lowest BCUT2D eigenvalue weighted by molar-refractivity contribution is 0.0973. The van der Waals surface area contributed by atoms with Gasteiger partial charge in [0.15, 0.2) is 11.6 Å². The molecule has 0 spiro atoms. The van der Waals surface area contributed by atoms with Crippen LogP contribution in [-0.4, -0.2) is 30.7 Å². The Morgan fingerprint density at radius 2 is 2.12 bits per heavy atom. The number of ether oxygens (including phenoxy) is 1. The fraction of sp³-hybridized carbons (Fsp3) is 0.217. The van der Waals surface area contributed by atoms with Crippen molar-refractivity contribution in [1.82, 2.24) is 30.5 Å². The van der Waals surface area contributed by atoms with E-state index in [4.69, 9.17) is 4.74 Å². The summed E-state index contributed by atoms with van der Waals surface area (Å²) in [6.07, 6.45) is 14.9. The van der Waals surface area contributed by atoms with Crippen LogP contribution in [0.1, 0.15) is 52.2 Å². The fourth-order valence-corrected chi connectivity index (χ4v) is 3.85. The van der Waals surface area contributed by atoms with E-state index in [0.29, 0.717) is 29.9 Å². The third-order valence-electron chi connectivity index (χ3n) is 5.32. The number of nitrogens with one attached hydrogen (secondary N) is 2. The molecule has 0 saturated carbocycles. The summed E-state index contributed by atoms with van der Waals surface area (Å²) < 4.78 is 5.37. The van der Waals surface area contributed by atoms with Crippen molar-refractivity contribution in [3.8, 4) is 0 Å². The zero-order valence-corrected chi connectivity index (χ0v) is 17.8. The largest absolute Gasteiger partial charge is 0.445 e.